The summed E-state index contributed by atoms with van der Waals surface area (Å²) in [5, 5.41) is 9.59. The lowest BCUT2D eigenvalue weighted by molar-refractivity contribution is 0.0691. The van der Waals surface area contributed by atoms with E-state index in [1.165, 1.54) is 5.01 Å². The van der Waals surface area contributed by atoms with Gasteiger partial charge in [-0.3, -0.25) is 4.79 Å². The van der Waals surface area contributed by atoms with E-state index in [2.05, 4.69) is 10.4 Å². The lowest BCUT2D eigenvalue weighted by Crippen LogP contribution is -2.39. The minimum Gasteiger partial charge on any atom is -0.378 e. The maximum Gasteiger partial charge on any atom is 0.278 e. The Morgan fingerprint density at radius 2 is 1.42 bits per heavy atom. The molecule has 3 aromatic carbocycles. The van der Waals surface area contributed by atoms with Gasteiger partial charge in [-0.1, -0.05) is 36.4 Å². The Kier molecular flexibility index (Phi) is 5.62. The number of hydrogen-bond acceptors (Lipinski definition) is 5. The number of para-hydroxylation sites is 1. The van der Waals surface area contributed by atoms with E-state index < -0.39 is 6.17 Å². The number of carbonyl (C=O) groups is 1. The van der Waals surface area contributed by atoms with Gasteiger partial charge in [0.05, 0.1) is 11.8 Å². The third-order valence-electron chi connectivity index (χ3n) is 5.37. The summed E-state index contributed by atoms with van der Waals surface area (Å²) < 4.78 is 0. The number of carbonyl (C=O) groups excluding carboxylic acids is 1. The topological polar surface area (TPSA) is 51.2 Å². The van der Waals surface area contributed by atoms with Gasteiger partial charge < -0.3 is 15.1 Å². The Bertz CT molecular complexity index is 1090. The van der Waals surface area contributed by atoms with Gasteiger partial charge in [0.1, 0.15) is 0 Å². The zero-order valence-electron chi connectivity index (χ0n) is 18.3. The quantitative estimate of drug-likeness (QED) is 0.629. The van der Waals surface area contributed by atoms with Crippen LogP contribution in [0.15, 0.2) is 77.9 Å². The molecule has 6 nitrogen and oxygen atoms in total. The van der Waals surface area contributed by atoms with Crippen molar-refractivity contribution in [3.8, 4) is 0 Å². The lowest BCUT2D eigenvalue weighted by Gasteiger charge is -2.34. The van der Waals surface area contributed by atoms with Crippen LogP contribution in [0, 0.1) is 0 Å². The fourth-order valence-corrected chi connectivity index (χ4v) is 3.53. The molecule has 1 aliphatic heterocycles. The average Bonchev–Trinajstić information content (AvgIpc) is 2.78. The second-order valence-corrected chi connectivity index (χ2v) is 7.96. The molecule has 0 saturated carbocycles. The Labute approximate surface area is 183 Å². The Morgan fingerprint density at radius 1 is 0.839 bits per heavy atom. The fourth-order valence-electron chi connectivity index (χ4n) is 3.53. The smallest absolute Gasteiger partial charge is 0.278 e. The van der Waals surface area contributed by atoms with Crippen LogP contribution in [0.5, 0.6) is 0 Å². The summed E-state index contributed by atoms with van der Waals surface area (Å²) in [6.07, 6.45) is 1.34. The van der Waals surface area contributed by atoms with Crippen LogP contribution in [0.2, 0.25) is 0 Å². The van der Waals surface area contributed by atoms with Crippen LogP contribution in [0.3, 0.4) is 0 Å². The first-order valence-corrected chi connectivity index (χ1v) is 10.2. The van der Waals surface area contributed by atoms with Crippen molar-refractivity contribution in [2.45, 2.75) is 6.17 Å². The zero-order chi connectivity index (χ0) is 22.0. The van der Waals surface area contributed by atoms with Gasteiger partial charge >= 0.3 is 0 Å². The average molecular weight is 414 g/mol. The number of hydrazone groups is 1. The van der Waals surface area contributed by atoms with Crippen LogP contribution < -0.4 is 15.1 Å². The van der Waals surface area contributed by atoms with Crippen molar-refractivity contribution in [1.29, 1.82) is 0 Å². The molecular formula is C25H27N5O. The van der Waals surface area contributed by atoms with Crippen molar-refractivity contribution in [2.24, 2.45) is 5.10 Å². The summed E-state index contributed by atoms with van der Waals surface area (Å²) in [7, 11) is 8.02. The maximum absolute atomic E-state index is 13.3. The fraction of sp³-hybridized carbons (Fsp3) is 0.200. The molecule has 4 rings (SSSR count). The highest BCUT2D eigenvalue weighted by molar-refractivity contribution is 6.02. The molecule has 6 heteroatoms. The van der Waals surface area contributed by atoms with Crippen LogP contribution in [0.25, 0.3) is 0 Å². The second-order valence-electron chi connectivity index (χ2n) is 7.96. The van der Waals surface area contributed by atoms with Gasteiger partial charge in [0.15, 0.2) is 6.17 Å². The summed E-state index contributed by atoms with van der Waals surface area (Å²) >= 11 is 0. The highest BCUT2D eigenvalue weighted by atomic mass is 16.2. The molecule has 1 atom stereocenters. The molecule has 0 fully saturated rings. The Morgan fingerprint density at radius 3 is 2.03 bits per heavy atom. The summed E-state index contributed by atoms with van der Waals surface area (Å²) in [6, 6.07) is 23.8. The first-order chi connectivity index (χ1) is 14.9. The van der Waals surface area contributed by atoms with Crippen molar-refractivity contribution < 1.29 is 4.79 Å². The van der Waals surface area contributed by atoms with E-state index in [1.807, 2.05) is 111 Å². The van der Waals surface area contributed by atoms with Gasteiger partial charge in [0.2, 0.25) is 0 Å². The molecule has 0 spiro atoms. The third-order valence-corrected chi connectivity index (χ3v) is 5.37. The van der Waals surface area contributed by atoms with Gasteiger partial charge in [-0.15, -0.1) is 0 Å². The minimum atomic E-state index is -0.393. The number of nitrogens with one attached hydrogen (secondary N) is 1. The molecule has 3 aromatic rings. The molecule has 0 aromatic heterocycles. The first-order valence-electron chi connectivity index (χ1n) is 10.2. The predicted octanol–water partition coefficient (Wildman–Crippen LogP) is 4.42. The van der Waals surface area contributed by atoms with E-state index in [0.717, 1.165) is 28.2 Å². The van der Waals surface area contributed by atoms with Crippen molar-refractivity contribution in [2.75, 3.05) is 43.3 Å². The molecule has 0 radical (unpaired) electrons. The van der Waals surface area contributed by atoms with Gasteiger partial charge in [0.25, 0.3) is 5.91 Å². The third kappa shape index (κ3) is 4.23. The van der Waals surface area contributed by atoms with E-state index in [4.69, 9.17) is 0 Å². The molecule has 1 aliphatic rings. The molecule has 0 aliphatic carbocycles. The highest BCUT2D eigenvalue weighted by Gasteiger charge is 2.32. The molecule has 0 bridgehead atoms. The van der Waals surface area contributed by atoms with Crippen molar-refractivity contribution in [1.82, 2.24) is 5.01 Å². The Hall–Kier alpha value is -3.80. The number of fused-ring (bicyclic) bond motifs is 1. The number of benzene rings is 3. The van der Waals surface area contributed by atoms with E-state index in [0.29, 0.717) is 5.56 Å². The Balaban J connectivity index is 1.68. The highest BCUT2D eigenvalue weighted by Crippen LogP contribution is 2.33. The lowest BCUT2D eigenvalue weighted by atomic mass is 10.0. The molecule has 0 saturated heterocycles. The zero-order valence-corrected chi connectivity index (χ0v) is 18.3. The van der Waals surface area contributed by atoms with Crippen LogP contribution >= 0.6 is 0 Å². The largest absolute Gasteiger partial charge is 0.378 e. The normalized spacial score (nSPS) is 15.5. The van der Waals surface area contributed by atoms with Crippen LogP contribution in [-0.4, -0.2) is 45.3 Å². The van der Waals surface area contributed by atoms with Crippen molar-refractivity contribution in [3.63, 3.8) is 0 Å². The van der Waals surface area contributed by atoms with Crippen molar-refractivity contribution in [3.05, 3.63) is 89.5 Å². The molecule has 0 unspecified atom stereocenters. The summed E-state index contributed by atoms with van der Waals surface area (Å²) in [5.41, 5.74) is 5.54. The van der Waals surface area contributed by atoms with Gasteiger partial charge in [-0.25, -0.2) is 5.01 Å². The minimum absolute atomic E-state index is 0.128. The van der Waals surface area contributed by atoms with E-state index in [-0.39, 0.29) is 5.91 Å². The number of anilines is 3. The molecule has 1 amide bonds. The monoisotopic (exact) mass is 413 g/mol. The van der Waals surface area contributed by atoms with Gasteiger partial charge in [-0.2, -0.15) is 5.10 Å². The van der Waals surface area contributed by atoms with E-state index in [1.54, 1.807) is 6.21 Å². The standard InChI is InChI=1S/C25H27N5O/c1-28(2)20-13-9-18(10-14-20)17-26-30-24(19-11-15-21(16-12-19)29(3)4)27-23-8-6-5-7-22(23)25(30)31/h5-17,24,27H,1-4H3/b26-17-/t24-/m1/s1. The van der Waals surface area contributed by atoms with Crippen molar-refractivity contribution >= 4 is 29.2 Å². The summed E-state index contributed by atoms with van der Waals surface area (Å²) in [5.74, 6) is -0.128. The SMILES string of the molecule is CN(C)c1ccc(/C=N\N2C(=O)c3ccccc3N[C@H]2c2ccc(N(C)C)cc2)cc1. The van der Waals surface area contributed by atoms with Crippen LogP contribution in [-0.2, 0) is 0 Å². The van der Waals surface area contributed by atoms with E-state index >= 15 is 0 Å². The molecular weight excluding hydrogens is 386 g/mol. The maximum atomic E-state index is 13.3. The van der Waals surface area contributed by atoms with Crippen LogP contribution in [0.4, 0.5) is 17.1 Å². The molecule has 31 heavy (non-hydrogen) atoms. The van der Waals surface area contributed by atoms with Gasteiger partial charge in [-0.05, 0) is 47.5 Å². The number of nitrogens with zero attached hydrogens (tertiary/aromatic N) is 4. The van der Waals surface area contributed by atoms with E-state index in [9.17, 15) is 4.79 Å². The second kappa shape index (κ2) is 8.52. The summed E-state index contributed by atoms with van der Waals surface area (Å²) in [4.78, 5) is 17.4. The van der Waals surface area contributed by atoms with Crippen LogP contribution in [0.1, 0.15) is 27.7 Å². The van der Waals surface area contributed by atoms with Gasteiger partial charge in [0, 0.05) is 45.3 Å². The number of amides is 1. The predicted molar refractivity (Wildman–Crippen MR) is 128 cm³/mol. The molecule has 1 N–H and O–H groups in total. The number of hydrogen-bond donors (Lipinski definition) is 1. The molecule has 158 valence electrons. The summed E-state index contributed by atoms with van der Waals surface area (Å²) in [6.45, 7) is 0. The number of rotatable bonds is 5. The first kappa shape index (κ1) is 20.5. The molecule has 1 heterocycles.